The summed E-state index contributed by atoms with van der Waals surface area (Å²) >= 11 is 0. The van der Waals surface area contributed by atoms with E-state index < -0.39 is 34.9 Å². The number of benzene rings is 3. The number of carboxylic acid groups (broad SMARTS) is 1. The second kappa shape index (κ2) is 13.4. The molecular weight excluding hydrogens is 544 g/mol. The molecule has 1 unspecified atom stereocenters. The zero-order valence-electron chi connectivity index (χ0n) is 23.7. The minimum atomic E-state index is -0.931. The van der Waals surface area contributed by atoms with E-state index in [0.29, 0.717) is 18.5 Å². The molecule has 3 aromatic carbocycles. The molecule has 0 radical (unpaired) electrons. The SMILES string of the molecule is COc1cccc(-c2c(C)n(Cc3c(C)cccc3F)c(=O)n(CC(NCCCC(=O)O)c3ccccc3)c2=O)c1F. The smallest absolute Gasteiger partial charge is 0.331 e. The summed E-state index contributed by atoms with van der Waals surface area (Å²) in [6, 6.07) is 17.6. The van der Waals surface area contributed by atoms with Crippen molar-refractivity contribution in [2.75, 3.05) is 13.7 Å². The van der Waals surface area contributed by atoms with Gasteiger partial charge in [-0.1, -0.05) is 54.6 Å². The van der Waals surface area contributed by atoms with Crippen LogP contribution in [-0.2, 0) is 17.9 Å². The molecule has 2 N–H and O–H groups in total. The second-order valence-corrected chi connectivity index (χ2v) is 10.0. The molecule has 0 amide bonds. The van der Waals surface area contributed by atoms with Crippen LogP contribution < -0.4 is 21.3 Å². The molecule has 0 aliphatic heterocycles. The lowest BCUT2D eigenvalue weighted by atomic mass is 10.0. The number of aliphatic carboxylic acids is 1. The van der Waals surface area contributed by atoms with Gasteiger partial charge < -0.3 is 15.2 Å². The maximum absolute atomic E-state index is 15.6. The van der Waals surface area contributed by atoms with Crippen LogP contribution in [0.4, 0.5) is 8.78 Å². The third-order valence-electron chi connectivity index (χ3n) is 7.33. The molecule has 0 aliphatic rings. The zero-order valence-corrected chi connectivity index (χ0v) is 23.7. The van der Waals surface area contributed by atoms with Crippen LogP contribution in [0, 0.1) is 25.5 Å². The number of hydrogen-bond acceptors (Lipinski definition) is 5. The van der Waals surface area contributed by atoms with Crippen LogP contribution in [0.5, 0.6) is 5.75 Å². The third-order valence-corrected chi connectivity index (χ3v) is 7.33. The average Bonchev–Trinajstić information content (AvgIpc) is 2.97. The number of aromatic nitrogens is 2. The van der Waals surface area contributed by atoms with E-state index in [1.54, 1.807) is 25.1 Å². The summed E-state index contributed by atoms with van der Waals surface area (Å²) in [5, 5.41) is 12.3. The largest absolute Gasteiger partial charge is 0.494 e. The van der Waals surface area contributed by atoms with E-state index >= 15 is 4.39 Å². The minimum absolute atomic E-state index is 0.0438. The van der Waals surface area contributed by atoms with Gasteiger partial charge in [0, 0.05) is 23.2 Å². The highest BCUT2D eigenvalue weighted by molar-refractivity contribution is 5.67. The molecule has 0 aliphatic carbocycles. The predicted octanol–water partition coefficient (Wildman–Crippen LogP) is 4.82. The fraction of sp³-hybridized carbons (Fsp3) is 0.281. The summed E-state index contributed by atoms with van der Waals surface area (Å²) in [6.07, 6.45) is 0.283. The van der Waals surface area contributed by atoms with Crippen molar-refractivity contribution in [1.29, 1.82) is 0 Å². The van der Waals surface area contributed by atoms with Crippen LogP contribution in [0.15, 0.2) is 76.3 Å². The maximum atomic E-state index is 15.6. The van der Waals surface area contributed by atoms with Crippen molar-refractivity contribution in [3.63, 3.8) is 0 Å². The number of ether oxygens (including phenoxy) is 1. The van der Waals surface area contributed by atoms with Crippen molar-refractivity contribution in [2.24, 2.45) is 0 Å². The van der Waals surface area contributed by atoms with E-state index in [2.05, 4.69) is 5.32 Å². The summed E-state index contributed by atoms with van der Waals surface area (Å²) in [6.45, 7) is 3.26. The fourth-order valence-electron chi connectivity index (χ4n) is 5.02. The molecule has 0 saturated heterocycles. The van der Waals surface area contributed by atoms with Gasteiger partial charge >= 0.3 is 11.7 Å². The Hall–Kier alpha value is -4.57. The van der Waals surface area contributed by atoms with Crippen LogP contribution in [0.25, 0.3) is 11.1 Å². The average molecular weight is 578 g/mol. The highest BCUT2D eigenvalue weighted by atomic mass is 19.1. The molecule has 0 fully saturated rings. The Bertz CT molecular complexity index is 1680. The Morgan fingerprint density at radius 1 is 0.976 bits per heavy atom. The Morgan fingerprint density at radius 3 is 2.36 bits per heavy atom. The summed E-state index contributed by atoms with van der Waals surface area (Å²) in [5.74, 6) is -2.26. The van der Waals surface area contributed by atoms with Crippen LogP contribution >= 0.6 is 0 Å². The van der Waals surface area contributed by atoms with Crippen LogP contribution in [0.2, 0.25) is 0 Å². The van der Waals surface area contributed by atoms with Gasteiger partial charge in [0.05, 0.1) is 31.8 Å². The molecule has 4 rings (SSSR count). The molecule has 4 aromatic rings. The molecule has 220 valence electrons. The van der Waals surface area contributed by atoms with Gasteiger partial charge in [-0.15, -0.1) is 0 Å². The first-order valence-corrected chi connectivity index (χ1v) is 13.5. The number of nitrogens with zero attached hydrogens (tertiary/aromatic N) is 2. The number of halogens is 2. The monoisotopic (exact) mass is 577 g/mol. The Balaban J connectivity index is 1.91. The normalized spacial score (nSPS) is 11.8. The lowest BCUT2D eigenvalue weighted by molar-refractivity contribution is -0.137. The van der Waals surface area contributed by atoms with Crippen LogP contribution in [0.1, 0.15) is 41.3 Å². The van der Waals surface area contributed by atoms with Gasteiger partial charge in [0.15, 0.2) is 11.6 Å². The van der Waals surface area contributed by atoms with Crippen molar-refractivity contribution in [3.05, 3.63) is 122 Å². The first-order chi connectivity index (χ1) is 20.1. The molecule has 0 bridgehead atoms. The van der Waals surface area contributed by atoms with Gasteiger partial charge in [0.2, 0.25) is 0 Å². The Kier molecular flexibility index (Phi) is 9.69. The van der Waals surface area contributed by atoms with Gasteiger partial charge in [0.25, 0.3) is 5.56 Å². The third kappa shape index (κ3) is 6.49. The summed E-state index contributed by atoms with van der Waals surface area (Å²) in [5.41, 5.74) is 0.367. The van der Waals surface area contributed by atoms with Gasteiger partial charge in [-0.25, -0.2) is 13.6 Å². The van der Waals surface area contributed by atoms with Gasteiger partial charge in [0.1, 0.15) is 5.82 Å². The predicted molar refractivity (Wildman–Crippen MR) is 156 cm³/mol. The number of rotatable bonds is 12. The minimum Gasteiger partial charge on any atom is -0.494 e. The standard InChI is InChI=1S/C32H33F2N3O5/c1-20-10-7-14-25(33)24(20)18-36-21(2)29(23-13-8-15-27(42-3)30(23)34)31(40)37(32(36)41)19-26(22-11-5-4-6-12-22)35-17-9-16-28(38)39/h4-8,10-15,26,35H,9,16-19H2,1-3H3,(H,38,39). The van der Waals surface area contributed by atoms with E-state index in [9.17, 15) is 18.8 Å². The van der Waals surface area contributed by atoms with Crippen LogP contribution in [0.3, 0.4) is 0 Å². The first kappa shape index (κ1) is 30.4. The van der Waals surface area contributed by atoms with Crippen molar-refractivity contribution < 1.29 is 23.4 Å². The molecule has 1 heterocycles. The van der Waals surface area contributed by atoms with E-state index in [4.69, 9.17) is 9.84 Å². The number of carboxylic acids is 1. The number of nitrogens with one attached hydrogen (secondary N) is 1. The van der Waals surface area contributed by atoms with Gasteiger partial charge in [-0.2, -0.15) is 0 Å². The van der Waals surface area contributed by atoms with Crippen molar-refractivity contribution >= 4 is 5.97 Å². The van der Waals surface area contributed by atoms with Gasteiger partial charge in [-0.05, 0) is 50.1 Å². The van der Waals surface area contributed by atoms with Gasteiger partial charge in [-0.3, -0.25) is 18.7 Å². The quantitative estimate of drug-likeness (QED) is 0.234. The second-order valence-electron chi connectivity index (χ2n) is 10.0. The Morgan fingerprint density at radius 2 is 1.69 bits per heavy atom. The fourth-order valence-corrected chi connectivity index (χ4v) is 5.02. The Labute approximate surface area is 241 Å². The maximum Gasteiger partial charge on any atom is 0.331 e. The van der Waals surface area contributed by atoms with Crippen molar-refractivity contribution in [1.82, 2.24) is 14.5 Å². The number of hydrogen-bond donors (Lipinski definition) is 2. The molecule has 42 heavy (non-hydrogen) atoms. The van der Waals surface area contributed by atoms with E-state index in [1.807, 2.05) is 30.3 Å². The molecule has 10 heteroatoms. The molecule has 8 nitrogen and oxygen atoms in total. The van der Waals surface area contributed by atoms with E-state index in [0.717, 1.165) is 10.1 Å². The number of aryl methyl sites for hydroxylation is 1. The van der Waals surface area contributed by atoms with Crippen molar-refractivity contribution in [2.45, 2.75) is 45.8 Å². The molecule has 1 atom stereocenters. The van der Waals surface area contributed by atoms with Crippen LogP contribution in [-0.4, -0.2) is 33.9 Å². The molecule has 0 spiro atoms. The highest BCUT2D eigenvalue weighted by Crippen LogP contribution is 2.29. The lowest BCUT2D eigenvalue weighted by Crippen LogP contribution is -2.45. The highest BCUT2D eigenvalue weighted by Gasteiger charge is 2.24. The summed E-state index contributed by atoms with van der Waals surface area (Å²) < 4.78 is 37.9. The van der Waals surface area contributed by atoms with E-state index in [1.165, 1.54) is 36.8 Å². The summed E-state index contributed by atoms with van der Waals surface area (Å²) in [7, 11) is 1.32. The first-order valence-electron chi connectivity index (χ1n) is 13.5. The number of carbonyl (C=O) groups is 1. The van der Waals surface area contributed by atoms with Crippen molar-refractivity contribution in [3.8, 4) is 16.9 Å². The lowest BCUT2D eigenvalue weighted by Gasteiger charge is -2.23. The molecular formula is C32H33F2N3O5. The molecule has 1 aromatic heterocycles. The number of methoxy groups -OCH3 is 1. The molecule has 0 saturated carbocycles. The topological polar surface area (TPSA) is 103 Å². The summed E-state index contributed by atoms with van der Waals surface area (Å²) in [4.78, 5) is 39.1. The zero-order chi connectivity index (χ0) is 30.4. The van der Waals surface area contributed by atoms with E-state index in [-0.39, 0.29) is 47.6 Å².